The molecule has 2 unspecified atom stereocenters. The predicted octanol–water partition coefficient (Wildman–Crippen LogP) is 1.40. The van der Waals surface area contributed by atoms with Gasteiger partial charge in [-0.1, -0.05) is 0 Å². The molecule has 1 N–H and O–H groups in total. The van der Waals surface area contributed by atoms with Crippen LogP contribution in [0.5, 0.6) is 0 Å². The van der Waals surface area contributed by atoms with E-state index < -0.39 is 0 Å². The van der Waals surface area contributed by atoms with E-state index in [1.807, 2.05) is 0 Å². The molecular formula is C15H29N3. The maximum atomic E-state index is 3.48. The van der Waals surface area contributed by atoms with Crippen molar-refractivity contribution in [3.8, 4) is 0 Å². The van der Waals surface area contributed by atoms with Crippen LogP contribution in [0, 0.1) is 11.8 Å². The molecule has 3 aliphatic heterocycles. The number of hydrogen-bond donors (Lipinski definition) is 1. The second-order valence-electron chi connectivity index (χ2n) is 6.69. The van der Waals surface area contributed by atoms with Crippen LogP contribution in [0.3, 0.4) is 0 Å². The predicted molar refractivity (Wildman–Crippen MR) is 75.8 cm³/mol. The fourth-order valence-corrected chi connectivity index (χ4v) is 4.32. The van der Waals surface area contributed by atoms with Gasteiger partial charge in [-0.2, -0.15) is 0 Å². The highest BCUT2D eigenvalue weighted by atomic mass is 15.2. The Hall–Kier alpha value is -0.120. The van der Waals surface area contributed by atoms with E-state index in [1.165, 1.54) is 71.4 Å². The van der Waals surface area contributed by atoms with Crippen LogP contribution in [0.2, 0.25) is 0 Å². The second kappa shape index (κ2) is 5.89. The number of nitrogens with one attached hydrogen (secondary N) is 1. The lowest BCUT2D eigenvalue weighted by molar-refractivity contribution is 0.0304. The first-order valence-corrected chi connectivity index (χ1v) is 7.96. The molecule has 0 saturated carbocycles. The number of hydrogen-bond acceptors (Lipinski definition) is 3. The van der Waals surface area contributed by atoms with Gasteiger partial charge >= 0.3 is 0 Å². The molecule has 0 bridgehead atoms. The molecule has 3 fully saturated rings. The van der Waals surface area contributed by atoms with Crippen LogP contribution < -0.4 is 5.32 Å². The molecule has 3 aliphatic rings. The molecule has 3 rings (SSSR count). The first-order valence-electron chi connectivity index (χ1n) is 7.96. The Labute approximate surface area is 112 Å². The van der Waals surface area contributed by atoms with Gasteiger partial charge in [0.1, 0.15) is 0 Å². The monoisotopic (exact) mass is 251 g/mol. The zero-order valence-corrected chi connectivity index (χ0v) is 11.9. The fourth-order valence-electron chi connectivity index (χ4n) is 4.32. The number of fused-ring (bicyclic) bond motifs is 1. The van der Waals surface area contributed by atoms with Crippen molar-refractivity contribution in [1.82, 2.24) is 15.1 Å². The van der Waals surface area contributed by atoms with Gasteiger partial charge in [-0.05, 0) is 77.2 Å². The highest BCUT2D eigenvalue weighted by Crippen LogP contribution is 2.30. The van der Waals surface area contributed by atoms with E-state index >= 15 is 0 Å². The van der Waals surface area contributed by atoms with Gasteiger partial charge in [-0.3, -0.25) is 0 Å². The maximum absolute atomic E-state index is 3.48. The van der Waals surface area contributed by atoms with E-state index in [-0.39, 0.29) is 0 Å². The number of piperidine rings is 3. The molecule has 104 valence electrons. The molecule has 0 aromatic rings. The van der Waals surface area contributed by atoms with Crippen LogP contribution in [0.15, 0.2) is 0 Å². The zero-order chi connectivity index (χ0) is 12.4. The number of likely N-dealkylation sites (tertiary alicyclic amines) is 2. The lowest BCUT2D eigenvalue weighted by atomic mass is 9.83. The molecule has 0 spiro atoms. The van der Waals surface area contributed by atoms with Gasteiger partial charge in [-0.25, -0.2) is 0 Å². The van der Waals surface area contributed by atoms with Crippen LogP contribution in [-0.2, 0) is 0 Å². The lowest BCUT2D eigenvalue weighted by Gasteiger charge is -2.46. The van der Waals surface area contributed by atoms with Gasteiger partial charge in [0, 0.05) is 19.1 Å². The molecule has 2 atom stereocenters. The third-order valence-electron chi connectivity index (χ3n) is 5.40. The van der Waals surface area contributed by atoms with Crippen LogP contribution in [0.4, 0.5) is 0 Å². The number of rotatable bonds is 2. The van der Waals surface area contributed by atoms with Gasteiger partial charge in [0.25, 0.3) is 0 Å². The van der Waals surface area contributed by atoms with E-state index in [0.29, 0.717) is 0 Å². The Morgan fingerprint density at radius 1 is 1.06 bits per heavy atom. The average molecular weight is 251 g/mol. The van der Waals surface area contributed by atoms with Crippen molar-refractivity contribution in [2.75, 3.05) is 46.3 Å². The summed E-state index contributed by atoms with van der Waals surface area (Å²) in [5, 5.41) is 3.48. The van der Waals surface area contributed by atoms with Gasteiger partial charge in [0.2, 0.25) is 0 Å². The topological polar surface area (TPSA) is 18.5 Å². The van der Waals surface area contributed by atoms with Crippen molar-refractivity contribution in [2.45, 2.75) is 38.1 Å². The van der Waals surface area contributed by atoms with Crippen LogP contribution in [0.25, 0.3) is 0 Å². The average Bonchev–Trinajstić information content (AvgIpc) is 2.40. The van der Waals surface area contributed by atoms with Gasteiger partial charge in [-0.15, -0.1) is 0 Å². The number of nitrogens with zero attached hydrogens (tertiary/aromatic N) is 2. The van der Waals surface area contributed by atoms with Gasteiger partial charge < -0.3 is 15.1 Å². The Balaban J connectivity index is 1.50. The molecule has 0 aromatic carbocycles. The minimum Gasteiger partial charge on any atom is -0.317 e. The summed E-state index contributed by atoms with van der Waals surface area (Å²) in [6, 6.07) is 0.892. The van der Waals surface area contributed by atoms with Crippen LogP contribution in [0.1, 0.15) is 32.1 Å². The molecule has 0 aliphatic carbocycles. The van der Waals surface area contributed by atoms with E-state index in [4.69, 9.17) is 0 Å². The van der Waals surface area contributed by atoms with Crippen molar-refractivity contribution in [2.24, 2.45) is 11.8 Å². The van der Waals surface area contributed by atoms with Gasteiger partial charge in [0.15, 0.2) is 0 Å². The normalized spacial score (nSPS) is 36.5. The van der Waals surface area contributed by atoms with E-state index in [0.717, 1.165) is 17.9 Å². The van der Waals surface area contributed by atoms with E-state index in [1.54, 1.807) is 0 Å². The van der Waals surface area contributed by atoms with Crippen molar-refractivity contribution in [3.63, 3.8) is 0 Å². The summed E-state index contributed by atoms with van der Waals surface area (Å²) in [7, 11) is 2.33. The van der Waals surface area contributed by atoms with Crippen molar-refractivity contribution in [3.05, 3.63) is 0 Å². The zero-order valence-electron chi connectivity index (χ0n) is 11.9. The van der Waals surface area contributed by atoms with Crippen LogP contribution >= 0.6 is 0 Å². The SMILES string of the molecule is CN1CCCC2CN(CC3CCNCC3)CCC21. The lowest BCUT2D eigenvalue weighted by Crippen LogP contribution is -2.53. The Kier molecular flexibility index (Phi) is 4.22. The minimum absolute atomic E-state index is 0.892. The maximum Gasteiger partial charge on any atom is 0.0145 e. The molecule has 3 saturated heterocycles. The third kappa shape index (κ3) is 2.89. The molecule has 0 radical (unpaired) electrons. The molecule has 3 heteroatoms. The molecule has 3 heterocycles. The molecule has 18 heavy (non-hydrogen) atoms. The first kappa shape index (κ1) is 12.9. The Morgan fingerprint density at radius 2 is 1.89 bits per heavy atom. The summed E-state index contributed by atoms with van der Waals surface area (Å²) < 4.78 is 0. The molecule has 0 aromatic heterocycles. The smallest absolute Gasteiger partial charge is 0.0145 e. The molecular weight excluding hydrogens is 222 g/mol. The third-order valence-corrected chi connectivity index (χ3v) is 5.40. The summed E-state index contributed by atoms with van der Waals surface area (Å²) in [4.78, 5) is 5.40. The summed E-state index contributed by atoms with van der Waals surface area (Å²) in [5.41, 5.74) is 0. The summed E-state index contributed by atoms with van der Waals surface area (Å²) in [6.45, 7) is 7.90. The molecule has 3 nitrogen and oxygen atoms in total. The fraction of sp³-hybridized carbons (Fsp3) is 1.00. The van der Waals surface area contributed by atoms with E-state index in [2.05, 4.69) is 22.2 Å². The highest BCUT2D eigenvalue weighted by molar-refractivity contribution is 4.89. The molecule has 0 amide bonds. The Bertz CT molecular complexity index is 262. The minimum atomic E-state index is 0.892. The van der Waals surface area contributed by atoms with Crippen molar-refractivity contribution < 1.29 is 0 Å². The standard InChI is InChI=1S/C15H29N3/c1-17-9-2-3-14-12-18(10-6-15(14)17)11-13-4-7-16-8-5-13/h13-16H,2-12H2,1H3. The first-order chi connectivity index (χ1) is 8.83. The van der Waals surface area contributed by atoms with E-state index in [9.17, 15) is 0 Å². The summed E-state index contributed by atoms with van der Waals surface area (Å²) >= 11 is 0. The summed E-state index contributed by atoms with van der Waals surface area (Å²) in [5.74, 6) is 1.92. The van der Waals surface area contributed by atoms with Crippen LogP contribution in [-0.4, -0.2) is 62.2 Å². The van der Waals surface area contributed by atoms with Crippen molar-refractivity contribution in [1.29, 1.82) is 0 Å². The highest BCUT2D eigenvalue weighted by Gasteiger charge is 2.34. The Morgan fingerprint density at radius 3 is 2.72 bits per heavy atom. The second-order valence-corrected chi connectivity index (χ2v) is 6.69. The van der Waals surface area contributed by atoms with Crippen molar-refractivity contribution >= 4 is 0 Å². The largest absolute Gasteiger partial charge is 0.317 e. The summed E-state index contributed by atoms with van der Waals surface area (Å²) in [6.07, 6.45) is 7.08. The quantitative estimate of drug-likeness (QED) is 0.800. The van der Waals surface area contributed by atoms with Gasteiger partial charge in [0.05, 0.1) is 0 Å².